The first-order valence-corrected chi connectivity index (χ1v) is 9.12. The fraction of sp³-hybridized carbons (Fsp3) is 0.0588. The van der Waals surface area contributed by atoms with Gasteiger partial charge >= 0.3 is 0 Å². The molecule has 1 amide bonds. The summed E-state index contributed by atoms with van der Waals surface area (Å²) < 4.78 is 5.39. The average Bonchev–Trinajstić information content (AvgIpc) is 3.02. The van der Waals surface area contributed by atoms with Crippen LogP contribution in [-0.2, 0) is 4.79 Å². The number of carbonyl (C=O) groups is 1. The van der Waals surface area contributed by atoms with Gasteiger partial charge in [0, 0.05) is 21.0 Å². The number of rotatable bonds is 5. The van der Waals surface area contributed by atoms with Crippen LogP contribution < -0.4 is 10.1 Å². The lowest BCUT2D eigenvalue weighted by Gasteiger charge is -2.07. The highest BCUT2D eigenvalue weighted by molar-refractivity contribution is 7.14. The number of ether oxygens (including phenoxy) is 1. The van der Waals surface area contributed by atoms with Crippen molar-refractivity contribution in [1.29, 1.82) is 0 Å². The molecule has 0 aliphatic carbocycles. The minimum absolute atomic E-state index is 0.192. The van der Waals surface area contributed by atoms with Gasteiger partial charge in [-0.05, 0) is 24.3 Å². The van der Waals surface area contributed by atoms with Crippen LogP contribution in [0.4, 0.5) is 5.13 Å². The smallest absolute Gasteiger partial charge is 0.264 e. The molecule has 2 aromatic carbocycles. The molecular weight excluding hydrogens is 403 g/mol. The van der Waals surface area contributed by atoms with Gasteiger partial charge in [-0.3, -0.25) is 10.1 Å². The van der Waals surface area contributed by atoms with Gasteiger partial charge in [0.15, 0.2) is 11.7 Å². The lowest BCUT2D eigenvalue weighted by molar-refractivity contribution is -0.118. The van der Waals surface area contributed by atoms with E-state index in [1.165, 1.54) is 11.3 Å². The molecule has 1 heterocycles. The molecule has 0 fully saturated rings. The summed E-state index contributed by atoms with van der Waals surface area (Å²) in [6, 6.07) is 12.2. The van der Waals surface area contributed by atoms with E-state index in [-0.39, 0.29) is 12.5 Å². The highest BCUT2D eigenvalue weighted by Gasteiger charge is 2.11. The van der Waals surface area contributed by atoms with Crippen molar-refractivity contribution in [2.75, 3.05) is 11.9 Å². The molecule has 0 spiro atoms. The number of hydrogen-bond acceptors (Lipinski definition) is 4. The molecule has 0 unspecified atom stereocenters. The first-order valence-electron chi connectivity index (χ1n) is 7.11. The Balaban J connectivity index is 1.61. The lowest BCUT2D eigenvalue weighted by atomic mass is 10.2. The van der Waals surface area contributed by atoms with Crippen LogP contribution in [0.5, 0.6) is 5.75 Å². The maximum atomic E-state index is 12.0. The number of thiazole rings is 1. The van der Waals surface area contributed by atoms with Crippen LogP contribution in [0.1, 0.15) is 0 Å². The van der Waals surface area contributed by atoms with Crippen molar-refractivity contribution < 1.29 is 9.53 Å². The van der Waals surface area contributed by atoms with Gasteiger partial charge in [0.1, 0.15) is 5.75 Å². The molecule has 4 nitrogen and oxygen atoms in total. The Morgan fingerprint density at radius 1 is 1.12 bits per heavy atom. The van der Waals surface area contributed by atoms with Gasteiger partial charge in [0.2, 0.25) is 0 Å². The number of nitrogens with zero attached hydrogens (tertiary/aromatic N) is 1. The first-order chi connectivity index (χ1) is 12.0. The normalized spacial score (nSPS) is 10.5. The first kappa shape index (κ1) is 18.0. The van der Waals surface area contributed by atoms with Crippen molar-refractivity contribution in [1.82, 2.24) is 4.98 Å². The van der Waals surface area contributed by atoms with E-state index in [2.05, 4.69) is 10.3 Å². The van der Waals surface area contributed by atoms with Crippen molar-refractivity contribution in [3.05, 3.63) is 62.9 Å². The second kappa shape index (κ2) is 8.06. The van der Waals surface area contributed by atoms with E-state index >= 15 is 0 Å². The predicted octanol–water partition coefficient (Wildman–Crippen LogP) is 5.79. The molecule has 1 N–H and O–H groups in total. The molecule has 0 atom stereocenters. The summed E-state index contributed by atoms with van der Waals surface area (Å²) in [7, 11) is 0. The van der Waals surface area contributed by atoms with Gasteiger partial charge < -0.3 is 4.74 Å². The summed E-state index contributed by atoms with van der Waals surface area (Å²) in [6.07, 6.45) is 0. The number of benzene rings is 2. The summed E-state index contributed by atoms with van der Waals surface area (Å²) >= 11 is 19.3. The van der Waals surface area contributed by atoms with Crippen LogP contribution in [0.15, 0.2) is 47.8 Å². The number of carbonyl (C=O) groups excluding carboxylic acids is 1. The molecule has 25 heavy (non-hydrogen) atoms. The third kappa shape index (κ3) is 4.64. The highest BCUT2D eigenvalue weighted by atomic mass is 35.5. The minimum atomic E-state index is -0.342. The van der Waals surface area contributed by atoms with E-state index in [0.29, 0.717) is 31.6 Å². The summed E-state index contributed by atoms with van der Waals surface area (Å²) in [5.74, 6) is 0.0446. The molecule has 0 saturated carbocycles. The molecule has 8 heteroatoms. The van der Waals surface area contributed by atoms with Crippen LogP contribution in [0.25, 0.3) is 11.3 Å². The van der Waals surface area contributed by atoms with Crippen LogP contribution in [0, 0.1) is 0 Å². The Bertz CT molecular complexity index is 914. The average molecular weight is 414 g/mol. The lowest BCUT2D eigenvalue weighted by Crippen LogP contribution is -2.20. The fourth-order valence-corrected chi connectivity index (χ4v) is 3.44. The van der Waals surface area contributed by atoms with Gasteiger partial charge in [-0.25, -0.2) is 4.98 Å². The quantitative estimate of drug-likeness (QED) is 0.576. The van der Waals surface area contributed by atoms with Crippen molar-refractivity contribution >= 4 is 57.2 Å². The van der Waals surface area contributed by atoms with E-state index in [9.17, 15) is 4.79 Å². The molecule has 128 valence electrons. The minimum Gasteiger partial charge on any atom is -0.482 e. The van der Waals surface area contributed by atoms with Gasteiger partial charge in [0.25, 0.3) is 5.91 Å². The van der Waals surface area contributed by atoms with Crippen LogP contribution in [-0.4, -0.2) is 17.5 Å². The summed E-state index contributed by atoms with van der Waals surface area (Å²) in [5.41, 5.74) is 1.51. The molecule has 3 rings (SSSR count). The maximum Gasteiger partial charge on any atom is 0.264 e. The summed E-state index contributed by atoms with van der Waals surface area (Å²) in [5, 5.41) is 6.42. The van der Waals surface area contributed by atoms with Crippen LogP contribution in [0.3, 0.4) is 0 Å². The number of aromatic nitrogens is 1. The third-order valence-electron chi connectivity index (χ3n) is 3.15. The molecule has 0 aliphatic heterocycles. The number of amides is 1. The standard InChI is InChI=1S/C17H11Cl3N2O2S/c18-10-5-6-15(13(20)7-10)24-8-16(23)22-17-21-14(9-25-17)11-3-1-2-4-12(11)19/h1-7,9H,8H2,(H,21,22,23). The van der Waals surface area contributed by atoms with Crippen molar-refractivity contribution in [2.24, 2.45) is 0 Å². The van der Waals surface area contributed by atoms with Gasteiger partial charge in [0.05, 0.1) is 10.7 Å². The Morgan fingerprint density at radius 3 is 2.68 bits per heavy atom. The van der Waals surface area contributed by atoms with E-state index in [1.54, 1.807) is 24.3 Å². The highest BCUT2D eigenvalue weighted by Crippen LogP contribution is 2.30. The number of halogens is 3. The Kier molecular flexibility index (Phi) is 5.81. The summed E-state index contributed by atoms with van der Waals surface area (Å²) in [6.45, 7) is -0.192. The predicted molar refractivity (Wildman–Crippen MR) is 103 cm³/mol. The van der Waals surface area contributed by atoms with E-state index in [0.717, 1.165) is 5.56 Å². The second-order valence-electron chi connectivity index (χ2n) is 4.93. The summed E-state index contributed by atoms with van der Waals surface area (Å²) in [4.78, 5) is 16.4. The topological polar surface area (TPSA) is 51.2 Å². The van der Waals surface area contributed by atoms with E-state index in [4.69, 9.17) is 39.5 Å². The zero-order valence-corrected chi connectivity index (χ0v) is 15.7. The Hall–Kier alpha value is -1.79. The van der Waals surface area contributed by atoms with Crippen LogP contribution >= 0.6 is 46.1 Å². The monoisotopic (exact) mass is 412 g/mol. The molecule has 0 aliphatic rings. The number of anilines is 1. The maximum absolute atomic E-state index is 12.0. The van der Waals surface area contributed by atoms with Gasteiger partial charge in [-0.15, -0.1) is 11.3 Å². The van der Waals surface area contributed by atoms with E-state index in [1.807, 2.05) is 23.6 Å². The molecule has 0 radical (unpaired) electrons. The van der Waals surface area contributed by atoms with Gasteiger partial charge in [-0.1, -0.05) is 53.0 Å². The van der Waals surface area contributed by atoms with Crippen molar-refractivity contribution in [3.8, 4) is 17.0 Å². The fourth-order valence-electron chi connectivity index (χ4n) is 2.01. The second-order valence-corrected chi connectivity index (χ2v) is 7.04. The zero-order valence-electron chi connectivity index (χ0n) is 12.6. The SMILES string of the molecule is O=C(COc1ccc(Cl)cc1Cl)Nc1nc(-c2ccccc2Cl)cs1. The Morgan fingerprint density at radius 2 is 1.92 bits per heavy atom. The number of nitrogens with one attached hydrogen (secondary N) is 1. The third-order valence-corrected chi connectivity index (χ3v) is 4.77. The number of hydrogen-bond donors (Lipinski definition) is 1. The molecule has 0 saturated heterocycles. The molecule has 0 bridgehead atoms. The van der Waals surface area contributed by atoms with Crippen LogP contribution in [0.2, 0.25) is 15.1 Å². The van der Waals surface area contributed by atoms with Gasteiger partial charge in [-0.2, -0.15) is 0 Å². The molecule has 1 aromatic heterocycles. The van der Waals surface area contributed by atoms with Crippen molar-refractivity contribution in [2.45, 2.75) is 0 Å². The molecule has 3 aromatic rings. The van der Waals surface area contributed by atoms with Crippen molar-refractivity contribution in [3.63, 3.8) is 0 Å². The zero-order chi connectivity index (χ0) is 17.8. The molecular formula is C17H11Cl3N2O2S. The largest absolute Gasteiger partial charge is 0.482 e. The Labute approximate surface area is 163 Å². The van der Waals surface area contributed by atoms with E-state index < -0.39 is 0 Å².